The summed E-state index contributed by atoms with van der Waals surface area (Å²) in [6, 6.07) is 7.43. The maximum absolute atomic E-state index is 12.0. The van der Waals surface area contributed by atoms with Crippen LogP contribution in [0.15, 0.2) is 24.3 Å². The number of nitrogens with zero attached hydrogens (tertiary/aromatic N) is 1. The largest absolute Gasteiger partial charge is 0.497 e. The molecule has 1 heterocycles. The molecule has 2 aliphatic rings. The summed E-state index contributed by atoms with van der Waals surface area (Å²) in [5, 5.41) is 10.0. The maximum atomic E-state index is 12.0. The van der Waals surface area contributed by atoms with Crippen molar-refractivity contribution in [1.29, 1.82) is 0 Å². The van der Waals surface area contributed by atoms with E-state index in [4.69, 9.17) is 4.74 Å². The number of hydrogen-bond donors (Lipinski definition) is 1. The van der Waals surface area contributed by atoms with Gasteiger partial charge in [0.05, 0.1) is 13.2 Å². The Bertz CT molecular complexity index is 479. The molecule has 2 atom stereocenters. The van der Waals surface area contributed by atoms with Crippen molar-refractivity contribution in [3.8, 4) is 5.75 Å². The van der Waals surface area contributed by atoms with Crippen LogP contribution in [0.5, 0.6) is 5.75 Å². The van der Waals surface area contributed by atoms with E-state index in [1.807, 2.05) is 24.3 Å². The molecule has 1 aromatic rings. The fraction of sp³-hybridized carbons (Fsp3) is 0.562. The van der Waals surface area contributed by atoms with Gasteiger partial charge >= 0.3 is 0 Å². The molecule has 20 heavy (non-hydrogen) atoms. The minimum atomic E-state index is -0.819. The van der Waals surface area contributed by atoms with Crippen LogP contribution in [0.4, 0.5) is 5.69 Å². The second kappa shape index (κ2) is 5.44. The highest BCUT2D eigenvalue weighted by Crippen LogP contribution is 2.39. The minimum Gasteiger partial charge on any atom is -0.497 e. The Balaban J connectivity index is 1.80. The van der Waals surface area contributed by atoms with Gasteiger partial charge in [-0.3, -0.25) is 4.79 Å². The molecular weight excluding hydrogens is 254 g/mol. The first-order chi connectivity index (χ1) is 9.72. The molecule has 3 rings (SSSR count). The highest BCUT2D eigenvalue weighted by molar-refractivity contribution is 6.04. The van der Waals surface area contributed by atoms with Crippen LogP contribution in [0.25, 0.3) is 0 Å². The molecule has 1 aromatic carbocycles. The summed E-state index contributed by atoms with van der Waals surface area (Å²) in [4.78, 5) is 13.8. The van der Waals surface area contributed by atoms with Crippen molar-refractivity contribution in [2.24, 2.45) is 5.92 Å². The zero-order chi connectivity index (χ0) is 14.1. The molecule has 4 nitrogen and oxygen atoms in total. The van der Waals surface area contributed by atoms with Crippen LogP contribution < -0.4 is 9.64 Å². The predicted molar refractivity (Wildman–Crippen MR) is 76.8 cm³/mol. The zero-order valence-electron chi connectivity index (χ0n) is 11.8. The number of methoxy groups -OCH3 is 1. The fourth-order valence-corrected chi connectivity index (χ4v) is 3.48. The second-order valence-electron chi connectivity index (χ2n) is 5.74. The van der Waals surface area contributed by atoms with Crippen LogP contribution in [0, 0.1) is 5.92 Å². The fourth-order valence-electron chi connectivity index (χ4n) is 3.48. The molecule has 1 aliphatic heterocycles. The van der Waals surface area contributed by atoms with Crippen molar-refractivity contribution in [2.75, 3.05) is 12.0 Å². The first kappa shape index (κ1) is 13.4. The average molecular weight is 275 g/mol. The van der Waals surface area contributed by atoms with E-state index in [1.54, 1.807) is 12.0 Å². The Labute approximate surface area is 119 Å². The van der Waals surface area contributed by atoms with Gasteiger partial charge in [0.15, 0.2) is 6.10 Å². The van der Waals surface area contributed by atoms with Crippen LogP contribution in [0.3, 0.4) is 0 Å². The first-order valence-corrected chi connectivity index (χ1v) is 7.37. The van der Waals surface area contributed by atoms with Crippen LogP contribution in [0.1, 0.15) is 32.1 Å². The van der Waals surface area contributed by atoms with Crippen LogP contribution in [-0.2, 0) is 4.79 Å². The molecular formula is C16H21NO3. The Hall–Kier alpha value is -1.55. The van der Waals surface area contributed by atoms with Gasteiger partial charge in [0, 0.05) is 5.69 Å². The Morgan fingerprint density at radius 1 is 1.15 bits per heavy atom. The summed E-state index contributed by atoms with van der Waals surface area (Å²) < 4.78 is 5.14. The number of aliphatic hydroxyl groups is 1. The molecule has 2 fully saturated rings. The molecule has 4 heteroatoms. The summed E-state index contributed by atoms with van der Waals surface area (Å²) >= 11 is 0. The van der Waals surface area contributed by atoms with Crippen LogP contribution in [-0.4, -0.2) is 30.3 Å². The summed E-state index contributed by atoms with van der Waals surface area (Å²) in [6.45, 7) is 0. The van der Waals surface area contributed by atoms with E-state index < -0.39 is 6.10 Å². The van der Waals surface area contributed by atoms with Gasteiger partial charge in [-0.25, -0.2) is 0 Å². The van der Waals surface area contributed by atoms with E-state index in [1.165, 1.54) is 19.3 Å². The number of β-lactam (4-membered cyclic amide) rings is 1. The van der Waals surface area contributed by atoms with Crippen molar-refractivity contribution < 1.29 is 14.6 Å². The monoisotopic (exact) mass is 275 g/mol. The molecule has 0 radical (unpaired) electrons. The molecule has 1 amide bonds. The number of aliphatic hydroxyl groups excluding tert-OH is 1. The molecule has 0 bridgehead atoms. The maximum Gasteiger partial charge on any atom is 0.258 e. The minimum absolute atomic E-state index is 0.0452. The molecule has 1 aliphatic carbocycles. The van der Waals surface area contributed by atoms with E-state index in [0.29, 0.717) is 5.92 Å². The normalized spacial score (nSPS) is 27.3. The summed E-state index contributed by atoms with van der Waals surface area (Å²) in [5.41, 5.74) is 0.858. The number of hydrogen-bond acceptors (Lipinski definition) is 3. The van der Waals surface area contributed by atoms with Crippen molar-refractivity contribution in [3.63, 3.8) is 0 Å². The molecule has 1 saturated carbocycles. The number of benzene rings is 1. The lowest BCUT2D eigenvalue weighted by Gasteiger charge is -2.49. The number of carbonyl (C=O) groups excluding carboxylic acids is 1. The third kappa shape index (κ3) is 2.18. The third-order valence-corrected chi connectivity index (χ3v) is 4.60. The lowest BCUT2D eigenvalue weighted by atomic mass is 9.76. The second-order valence-corrected chi connectivity index (χ2v) is 5.74. The molecule has 1 saturated heterocycles. The van der Waals surface area contributed by atoms with Gasteiger partial charge in [-0.1, -0.05) is 19.3 Å². The van der Waals surface area contributed by atoms with Gasteiger partial charge in [-0.2, -0.15) is 0 Å². The SMILES string of the molecule is COc1ccc(N2C(=O)[C@@H](O)[C@@H]2C2CCCCC2)cc1. The van der Waals surface area contributed by atoms with Gasteiger partial charge < -0.3 is 14.7 Å². The molecule has 0 unspecified atom stereocenters. The van der Waals surface area contributed by atoms with Gasteiger partial charge in [-0.05, 0) is 43.0 Å². The molecule has 0 spiro atoms. The number of amides is 1. The lowest BCUT2D eigenvalue weighted by molar-refractivity contribution is -0.139. The molecule has 1 N–H and O–H groups in total. The topological polar surface area (TPSA) is 49.8 Å². The van der Waals surface area contributed by atoms with Gasteiger partial charge in [0.25, 0.3) is 5.91 Å². The van der Waals surface area contributed by atoms with E-state index in [9.17, 15) is 9.90 Å². The molecule has 108 valence electrons. The predicted octanol–water partition coefficient (Wildman–Crippen LogP) is 2.35. The number of anilines is 1. The number of rotatable bonds is 3. The Morgan fingerprint density at radius 2 is 1.80 bits per heavy atom. The summed E-state index contributed by atoms with van der Waals surface area (Å²) in [5.74, 6) is 1.03. The van der Waals surface area contributed by atoms with Crippen molar-refractivity contribution in [3.05, 3.63) is 24.3 Å². The molecule has 0 aromatic heterocycles. The first-order valence-electron chi connectivity index (χ1n) is 7.37. The van der Waals surface area contributed by atoms with Gasteiger partial charge in [-0.15, -0.1) is 0 Å². The highest BCUT2D eigenvalue weighted by Gasteiger charge is 2.50. The number of ether oxygens (including phenoxy) is 1. The Morgan fingerprint density at radius 3 is 2.40 bits per heavy atom. The zero-order valence-corrected chi connectivity index (χ0v) is 11.8. The van der Waals surface area contributed by atoms with E-state index in [0.717, 1.165) is 24.3 Å². The van der Waals surface area contributed by atoms with Crippen LogP contribution in [0.2, 0.25) is 0 Å². The van der Waals surface area contributed by atoms with E-state index in [-0.39, 0.29) is 11.9 Å². The van der Waals surface area contributed by atoms with Crippen molar-refractivity contribution >= 4 is 11.6 Å². The third-order valence-electron chi connectivity index (χ3n) is 4.60. The van der Waals surface area contributed by atoms with Gasteiger partial charge in [0.1, 0.15) is 5.75 Å². The summed E-state index contributed by atoms with van der Waals surface area (Å²) in [6.07, 6.45) is 5.09. The van der Waals surface area contributed by atoms with Crippen LogP contribution >= 0.6 is 0 Å². The lowest BCUT2D eigenvalue weighted by Crippen LogP contribution is -2.68. The van der Waals surface area contributed by atoms with Gasteiger partial charge in [0.2, 0.25) is 0 Å². The smallest absolute Gasteiger partial charge is 0.258 e. The van der Waals surface area contributed by atoms with E-state index >= 15 is 0 Å². The number of carbonyl (C=O) groups is 1. The average Bonchev–Trinajstić information content (AvgIpc) is 2.52. The van der Waals surface area contributed by atoms with E-state index in [2.05, 4.69) is 0 Å². The quantitative estimate of drug-likeness (QED) is 0.861. The van der Waals surface area contributed by atoms with Crippen molar-refractivity contribution in [2.45, 2.75) is 44.2 Å². The summed E-state index contributed by atoms with van der Waals surface area (Å²) in [7, 11) is 1.62. The standard InChI is InChI=1S/C16H21NO3/c1-20-13-9-7-12(8-10-13)17-14(15(18)16(17)19)11-5-3-2-4-6-11/h7-11,14-15,18H,2-6H2,1H3/t14-,15-/m0/s1. The highest BCUT2D eigenvalue weighted by atomic mass is 16.5. The Kier molecular flexibility index (Phi) is 3.66. The van der Waals surface area contributed by atoms with Crippen molar-refractivity contribution in [1.82, 2.24) is 0 Å².